The molecular weight excluding hydrogens is 419 g/mol. The minimum Gasteiger partial charge on any atom is -0.391 e. The first-order valence-electron chi connectivity index (χ1n) is 8.91. The second-order valence-corrected chi connectivity index (χ2v) is 9.36. The molecule has 8 nitrogen and oxygen atoms in total. The normalized spacial score (nSPS) is 36.9. The van der Waals surface area contributed by atoms with E-state index in [0.29, 0.717) is 6.20 Å². The molecule has 2 aliphatic rings. The highest BCUT2D eigenvalue weighted by Crippen LogP contribution is 2.38. The molecule has 2 saturated heterocycles. The van der Waals surface area contributed by atoms with Crippen LogP contribution in [0.25, 0.3) is 0 Å². The molecule has 0 bridgehead atoms. The van der Waals surface area contributed by atoms with Crippen LogP contribution in [0.1, 0.15) is 17.4 Å². The first kappa shape index (κ1) is 22.7. The molecule has 164 valence electrons. The number of aliphatic hydroxyl groups excluding tert-OH is 5. The van der Waals surface area contributed by atoms with Crippen LogP contribution in [0.5, 0.6) is 0 Å². The summed E-state index contributed by atoms with van der Waals surface area (Å²) in [6.07, 6.45) is -10.4. The maximum atomic E-state index is 13.2. The van der Waals surface area contributed by atoms with Crippen LogP contribution in [0.3, 0.4) is 0 Å². The fourth-order valence-electron chi connectivity index (χ4n) is 3.52. The summed E-state index contributed by atoms with van der Waals surface area (Å²) in [4.78, 5) is 3.48. The van der Waals surface area contributed by atoms with Gasteiger partial charge in [-0.1, -0.05) is 0 Å². The molecule has 5 N–H and O–H groups in total. The predicted molar refractivity (Wildman–Crippen MR) is 94.8 cm³/mol. The summed E-state index contributed by atoms with van der Waals surface area (Å²) in [7, 11) is -0.768. The zero-order valence-electron chi connectivity index (χ0n) is 15.1. The van der Waals surface area contributed by atoms with E-state index in [1.165, 1.54) is 0 Å². The third kappa shape index (κ3) is 4.85. The summed E-state index contributed by atoms with van der Waals surface area (Å²) < 4.78 is 50.4. The maximum absolute atomic E-state index is 13.2. The topological polar surface area (TPSA) is 132 Å². The summed E-state index contributed by atoms with van der Waals surface area (Å²) in [6.45, 7) is -0.742. The third-order valence-electron chi connectivity index (χ3n) is 5.02. The molecule has 8 atom stereocenters. The van der Waals surface area contributed by atoms with Crippen molar-refractivity contribution in [1.29, 1.82) is 0 Å². The van der Waals surface area contributed by atoms with Crippen molar-refractivity contribution in [3.63, 3.8) is 0 Å². The van der Waals surface area contributed by atoms with Crippen molar-refractivity contribution in [3.05, 3.63) is 29.6 Å². The summed E-state index contributed by atoms with van der Waals surface area (Å²) >= 11 is 0. The lowest BCUT2D eigenvalue weighted by Gasteiger charge is -2.36. The summed E-state index contributed by atoms with van der Waals surface area (Å²) in [6, 6.07) is 1.10. The number of ether oxygens (including phenoxy) is 2. The van der Waals surface area contributed by atoms with Crippen LogP contribution in [0.15, 0.2) is 18.5 Å². The lowest BCUT2D eigenvalue weighted by molar-refractivity contribution is -0.274. The quantitative estimate of drug-likeness (QED) is 0.365. The Morgan fingerprint density at radius 3 is 2.62 bits per heavy atom. The largest absolute Gasteiger partial charge is 0.418 e. The predicted octanol–water partition coefficient (Wildman–Crippen LogP) is -1.05. The number of pyridine rings is 1. The molecule has 0 spiro atoms. The second kappa shape index (κ2) is 9.02. The number of rotatable bonds is 5. The van der Waals surface area contributed by atoms with Crippen LogP contribution in [0.2, 0.25) is 0 Å². The van der Waals surface area contributed by atoms with Gasteiger partial charge in [-0.2, -0.15) is 13.2 Å². The lowest BCUT2D eigenvalue weighted by Crippen LogP contribution is -2.50. The highest BCUT2D eigenvalue weighted by Gasteiger charge is 2.51. The molecule has 2 unspecified atom stereocenters. The Bertz CT molecular complexity index is 697. The first-order chi connectivity index (χ1) is 13.6. The molecule has 0 radical (unpaired) electrons. The van der Waals surface area contributed by atoms with Gasteiger partial charge in [0.1, 0.15) is 42.0 Å². The van der Waals surface area contributed by atoms with Gasteiger partial charge in [0.2, 0.25) is 0 Å². The molecule has 0 aromatic carbocycles. The van der Waals surface area contributed by atoms with Gasteiger partial charge < -0.3 is 35.0 Å². The third-order valence-corrected chi connectivity index (χ3v) is 7.85. The van der Waals surface area contributed by atoms with Gasteiger partial charge in [0.15, 0.2) is 11.5 Å². The van der Waals surface area contributed by atoms with Crippen molar-refractivity contribution >= 4 is 10.9 Å². The highest BCUT2D eigenvalue weighted by atomic mass is 32.2. The first-order valence-corrected chi connectivity index (χ1v) is 10.5. The number of alkyl halides is 3. The van der Waals surface area contributed by atoms with Crippen molar-refractivity contribution in [2.45, 2.75) is 48.2 Å². The smallest absolute Gasteiger partial charge is 0.391 e. The molecule has 1 aromatic heterocycles. The van der Waals surface area contributed by atoms with Gasteiger partial charge in [0.25, 0.3) is 0 Å². The Morgan fingerprint density at radius 2 is 1.97 bits per heavy atom. The van der Waals surface area contributed by atoms with Gasteiger partial charge >= 0.3 is 6.18 Å². The number of aliphatic hydroxyl groups is 5. The summed E-state index contributed by atoms with van der Waals surface area (Å²) in [5.41, 5.74) is -1.36. The van der Waals surface area contributed by atoms with Gasteiger partial charge in [-0.05, 0) is 6.07 Å². The maximum Gasteiger partial charge on any atom is 0.418 e. The van der Waals surface area contributed by atoms with Gasteiger partial charge in [-0.25, -0.2) is 0 Å². The van der Waals surface area contributed by atoms with Crippen LogP contribution >= 0.6 is 0 Å². The molecule has 0 aliphatic carbocycles. The Labute approximate surface area is 167 Å². The Morgan fingerprint density at radius 1 is 1.24 bits per heavy atom. The van der Waals surface area contributed by atoms with E-state index in [-0.39, 0.29) is 30.3 Å². The van der Waals surface area contributed by atoms with Crippen LogP contribution in [-0.4, -0.2) is 91.0 Å². The molecule has 3 heterocycles. The Balaban J connectivity index is 1.74. The molecule has 29 heavy (non-hydrogen) atoms. The molecule has 0 saturated carbocycles. The van der Waals surface area contributed by atoms with E-state index < -0.39 is 64.7 Å². The van der Waals surface area contributed by atoms with E-state index >= 15 is 0 Å². The second-order valence-electron chi connectivity index (χ2n) is 7.01. The minimum absolute atomic E-state index is 0.00370. The minimum atomic E-state index is -4.69. The molecule has 12 heteroatoms. The lowest BCUT2D eigenvalue weighted by atomic mass is 10.1. The number of hydrogen-bond acceptors (Lipinski definition) is 8. The van der Waals surface area contributed by atoms with Crippen molar-refractivity contribution < 1.29 is 48.2 Å². The SMILES string of the molecule is OC[C@@H]1[C@@H](O)[C@H](O)C[S+]1C[C@@H](O)[C@H]1OC(c2ccncc2C(F)(F)F)OC[C@H]1O. The highest BCUT2D eigenvalue weighted by molar-refractivity contribution is 7.97. The van der Waals surface area contributed by atoms with Gasteiger partial charge in [-0.15, -0.1) is 0 Å². The van der Waals surface area contributed by atoms with E-state index in [1.807, 2.05) is 0 Å². The van der Waals surface area contributed by atoms with Gasteiger partial charge in [0.05, 0.1) is 18.8 Å². The summed E-state index contributed by atoms with van der Waals surface area (Å²) in [5, 5.41) is 49.2. The van der Waals surface area contributed by atoms with Gasteiger partial charge in [-0.3, -0.25) is 4.98 Å². The standard InChI is InChI=1S/C17H23F3NO7S/c18-17(19,20)9-3-21-2-1-8(9)16-27-5-10(23)15(28-16)12(25)7-29-6-11(24)14(26)13(29)4-22/h1-3,10-16,22-26H,4-7H2/q+1/t10-,11-,12-,13-,14+,15+,16?,29?/m1/s1. The Hall–Kier alpha value is -0.990. The van der Waals surface area contributed by atoms with E-state index in [9.17, 15) is 38.7 Å². The molecule has 1 aromatic rings. The average Bonchev–Trinajstić information content (AvgIpc) is 2.94. The van der Waals surface area contributed by atoms with E-state index in [4.69, 9.17) is 9.47 Å². The average molecular weight is 442 g/mol. The van der Waals surface area contributed by atoms with Crippen molar-refractivity contribution in [1.82, 2.24) is 4.98 Å². The van der Waals surface area contributed by atoms with Crippen LogP contribution in [0, 0.1) is 0 Å². The van der Waals surface area contributed by atoms with Crippen LogP contribution in [0.4, 0.5) is 13.2 Å². The molecular formula is C17H23F3NO7S+. The zero-order chi connectivity index (χ0) is 21.3. The van der Waals surface area contributed by atoms with Crippen LogP contribution in [-0.2, 0) is 26.5 Å². The van der Waals surface area contributed by atoms with Gasteiger partial charge in [0, 0.05) is 28.9 Å². The number of halogens is 3. The van der Waals surface area contributed by atoms with E-state index in [0.717, 1.165) is 12.3 Å². The number of hydrogen-bond donors (Lipinski definition) is 5. The molecule has 3 rings (SSSR count). The van der Waals surface area contributed by atoms with E-state index in [1.54, 1.807) is 0 Å². The Kier molecular flexibility index (Phi) is 7.06. The number of nitrogens with zero attached hydrogens (tertiary/aromatic N) is 1. The monoisotopic (exact) mass is 442 g/mol. The van der Waals surface area contributed by atoms with Crippen molar-refractivity contribution in [3.8, 4) is 0 Å². The zero-order valence-corrected chi connectivity index (χ0v) is 16.0. The summed E-state index contributed by atoms with van der Waals surface area (Å²) in [5.74, 6) is 0.158. The molecule has 0 amide bonds. The van der Waals surface area contributed by atoms with Crippen LogP contribution < -0.4 is 0 Å². The fourth-order valence-corrected chi connectivity index (χ4v) is 6.20. The number of aromatic nitrogens is 1. The van der Waals surface area contributed by atoms with Crippen molar-refractivity contribution in [2.75, 3.05) is 24.7 Å². The fraction of sp³-hybridized carbons (Fsp3) is 0.706. The van der Waals surface area contributed by atoms with E-state index in [2.05, 4.69) is 4.98 Å². The molecule has 2 aliphatic heterocycles. The van der Waals surface area contributed by atoms with Crippen molar-refractivity contribution in [2.24, 2.45) is 0 Å². The molecule has 2 fully saturated rings.